The first kappa shape index (κ1) is 11.9. The Balaban J connectivity index is 3.61. The van der Waals surface area contributed by atoms with E-state index in [-0.39, 0.29) is 0 Å². The van der Waals surface area contributed by atoms with Crippen molar-refractivity contribution in [3.63, 3.8) is 0 Å². The lowest BCUT2D eigenvalue weighted by molar-refractivity contribution is 0.107. The van der Waals surface area contributed by atoms with E-state index in [2.05, 4.69) is 30.9 Å². The zero-order valence-electron chi connectivity index (χ0n) is 8.47. The fourth-order valence-electron chi connectivity index (χ4n) is 1.20. The molecule has 0 aliphatic carbocycles. The molecule has 0 saturated carbocycles. The van der Waals surface area contributed by atoms with Gasteiger partial charge in [-0.05, 0) is 19.8 Å². The summed E-state index contributed by atoms with van der Waals surface area (Å²) >= 11 is 0. The topological polar surface area (TPSA) is 47.3 Å². The molecule has 3 nitrogen and oxygen atoms in total. The van der Waals surface area contributed by atoms with E-state index in [1.54, 1.807) is 0 Å². The van der Waals surface area contributed by atoms with Gasteiger partial charge in [0.25, 0.3) is 0 Å². The Labute approximate surface area is 75.6 Å². The minimum absolute atomic E-state index is 0.412. The van der Waals surface area contributed by atoms with Gasteiger partial charge < -0.3 is 10.2 Å². The van der Waals surface area contributed by atoms with Crippen molar-refractivity contribution in [3.05, 3.63) is 0 Å². The molecule has 3 heteroatoms. The molecule has 0 aromatic heterocycles. The first-order valence-corrected chi connectivity index (χ1v) is 4.82. The average Bonchev–Trinajstić information content (AvgIpc) is 2.05. The minimum Gasteiger partial charge on any atom is -0.309 e. The van der Waals surface area contributed by atoms with Crippen LogP contribution in [-0.4, -0.2) is 18.7 Å². The smallest absolute Gasteiger partial charge is 0.0832 e. The van der Waals surface area contributed by atoms with Gasteiger partial charge in [-0.25, -0.2) is 5.90 Å². The molecular weight excluding hydrogens is 152 g/mol. The Morgan fingerprint density at radius 1 is 1.42 bits per heavy atom. The molecule has 0 bridgehead atoms. The Kier molecular flexibility index (Phi) is 7.45. The highest BCUT2D eigenvalue weighted by molar-refractivity contribution is 4.69. The van der Waals surface area contributed by atoms with Crippen LogP contribution in [0.3, 0.4) is 0 Å². The molecule has 12 heavy (non-hydrogen) atoms. The second-order valence-corrected chi connectivity index (χ2v) is 3.29. The second-order valence-electron chi connectivity index (χ2n) is 3.29. The molecule has 0 radical (unpaired) electrons. The Hall–Kier alpha value is -0.120. The van der Waals surface area contributed by atoms with Gasteiger partial charge in [0, 0.05) is 12.1 Å². The maximum atomic E-state index is 5.04. The summed E-state index contributed by atoms with van der Waals surface area (Å²) in [6, 6.07) is 0.964. The highest BCUT2D eigenvalue weighted by Gasteiger charge is 2.09. The van der Waals surface area contributed by atoms with Crippen LogP contribution in [0.1, 0.15) is 40.0 Å². The van der Waals surface area contributed by atoms with Gasteiger partial charge in [0.05, 0.1) is 6.61 Å². The van der Waals surface area contributed by atoms with E-state index < -0.39 is 0 Å². The van der Waals surface area contributed by atoms with Gasteiger partial charge in [-0.15, -0.1) is 0 Å². The van der Waals surface area contributed by atoms with Crippen molar-refractivity contribution >= 4 is 0 Å². The van der Waals surface area contributed by atoms with Gasteiger partial charge in [0.1, 0.15) is 0 Å². The zero-order chi connectivity index (χ0) is 9.40. The summed E-state index contributed by atoms with van der Waals surface area (Å²) in [4.78, 5) is 4.64. The molecule has 0 heterocycles. The van der Waals surface area contributed by atoms with Crippen molar-refractivity contribution in [2.75, 3.05) is 6.61 Å². The van der Waals surface area contributed by atoms with E-state index in [0.717, 1.165) is 19.3 Å². The predicted molar refractivity (Wildman–Crippen MR) is 51.7 cm³/mol. The first-order chi connectivity index (χ1) is 5.74. The molecule has 0 aliphatic heterocycles. The predicted octanol–water partition coefficient (Wildman–Crippen LogP) is 1.43. The largest absolute Gasteiger partial charge is 0.309 e. The third-order valence-electron chi connectivity index (χ3n) is 2.07. The van der Waals surface area contributed by atoms with E-state index in [1.807, 2.05) is 0 Å². The van der Waals surface area contributed by atoms with E-state index in [1.165, 1.54) is 0 Å². The number of rotatable bonds is 7. The third-order valence-corrected chi connectivity index (χ3v) is 2.07. The first-order valence-electron chi connectivity index (χ1n) is 4.82. The fourth-order valence-corrected chi connectivity index (χ4v) is 1.20. The van der Waals surface area contributed by atoms with Crippen molar-refractivity contribution in [1.29, 1.82) is 0 Å². The molecular formula is C9H22N2O. The summed E-state index contributed by atoms with van der Waals surface area (Å²) in [5.41, 5.74) is 0. The molecule has 0 aromatic rings. The van der Waals surface area contributed by atoms with Crippen molar-refractivity contribution in [2.45, 2.75) is 52.1 Å². The maximum absolute atomic E-state index is 5.04. The van der Waals surface area contributed by atoms with Crippen LogP contribution in [0.4, 0.5) is 0 Å². The number of hydrogen-bond acceptors (Lipinski definition) is 3. The van der Waals surface area contributed by atoms with Gasteiger partial charge in [-0.3, -0.25) is 0 Å². The average molecular weight is 174 g/mol. The van der Waals surface area contributed by atoms with Gasteiger partial charge in [-0.2, -0.15) is 0 Å². The maximum Gasteiger partial charge on any atom is 0.0832 e. The summed E-state index contributed by atoms with van der Waals surface area (Å²) in [6.07, 6.45) is 3.43. The van der Waals surface area contributed by atoms with Crippen molar-refractivity contribution in [3.8, 4) is 0 Å². The minimum atomic E-state index is 0.412. The quantitative estimate of drug-likeness (QED) is 0.574. The molecule has 0 aliphatic rings. The van der Waals surface area contributed by atoms with Crippen LogP contribution in [-0.2, 0) is 4.84 Å². The summed E-state index contributed by atoms with van der Waals surface area (Å²) in [6.45, 7) is 7.13. The van der Waals surface area contributed by atoms with Gasteiger partial charge in [0.2, 0.25) is 0 Å². The van der Waals surface area contributed by atoms with Crippen LogP contribution in [0, 0.1) is 0 Å². The lowest BCUT2D eigenvalue weighted by Gasteiger charge is -2.20. The summed E-state index contributed by atoms with van der Waals surface area (Å²) in [7, 11) is 0. The Morgan fingerprint density at radius 2 is 2.08 bits per heavy atom. The molecule has 0 spiro atoms. The number of nitrogens with one attached hydrogen (secondary N) is 1. The molecule has 0 amide bonds. The molecule has 0 rings (SSSR count). The molecule has 2 atom stereocenters. The van der Waals surface area contributed by atoms with Gasteiger partial charge >= 0.3 is 0 Å². The van der Waals surface area contributed by atoms with Crippen LogP contribution < -0.4 is 11.2 Å². The Bertz CT molecular complexity index is 92.5. The Morgan fingerprint density at radius 3 is 2.50 bits per heavy atom. The number of hydrogen-bond donors (Lipinski definition) is 2. The normalized spacial score (nSPS) is 16.0. The van der Waals surface area contributed by atoms with Crippen LogP contribution in [0.25, 0.3) is 0 Å². The fraction of sp³-hybridized carbons (Fsp3) is 1.00. The number of nitrogens with two attached hydrogens (primary N) is 1. The van der Waals surface area contributed by atoms with Crippen molar-refractivity contribution in [1.82, 2.24) is 5.32 Å². The van der Waals surface area contributed by atoms with E-state index in [0.29, 0.717) is 18.7 Å². The van der Waals surface area contributed by atoms with Crippen LogP contribution in [0.15, 0.2) is 0 Å². The lowest BCUT2D eigenvalue weighted by atomic mass is 10.1. The van der Waals surface area contributed by atoms with Crippen molar-refractivity contribution < 1.29 is 4.84 Å². The third kappa shape index (κ3) is 5.52. The zero-order valence-corrected chi connectivity index (χ0v) is 8.47. The highest BCUT2D eigenvalue weighted by atomic mass is 16.6. The van der Waals surface area contributed by atoms with Crippen LogP contribution in [0.2, 0.25) is 0 Å². The standard InChI is InChI=1S/C9H22N2O/c1-4-6-9(7-12-10)11-8(3)5-2/h8-9,11H,4-7,10H2,1-3H3. The summed E-state index contributed by atoms with van der Waals surface area (Å²) < 4.78 is 0. The SMILES string of the molecule is CCCC(CON)NC(C)CC. The van der Waals surface area contributed by atoms with Crippen LogP contribution in [0.5, 0.6) is 0 Å². The van der Waals surface area contributed by atoms with Gasteiger partial charge in [0.15, 0.2) is 0 Å². The van der Waals surface area contributed by atoms with E-state index in [4.69, 9.17) is 5.90 Å². The van der Waals surface area contributed by atoms with E-state index >= 15 is 0 Å². The van der Waals surface area contributed by atoms with Crippen molar-refractivity contribution in [2.24, 2.45) is 5.90 Å². The monoisotopic (exact) mass is 174 g/mol. The molecule has 74 valence electrons. The lowest BCUT2D eigenvalue weighted by Crippen LogP contribution is -2.39. The van der Waals surface area contributed by atoms with Gasteiger partial charge in [-0.1, -0.05) is 20.3 Å². The highest BCUT2D eigenvalue weighted by Crippen LogP contribution is 1.99. The second kappa shape index (κ2) is 7.53. The van der Waals surface area contributed by atoms with E-state index in [9.17, 15) is 0 Å². The molecule has 0 aromatic carbocycles. The molecule has 3 N–H and O–H groups in total. The summed E-state index contributed by atoms with van der Waals surface area (Å²) in [5, 5.41) is 3.46. The molecule has 0 saturated heterocycles. The molecule has 2 unspecified atom stereocenters. The van der Waals surface area contributed by atoms with Crippen LogP contribution >= 0.6 is 0 Å². The molecule has 0 fully saturated rings. The summed E-state index contributed by atoms with van der Waals surface area (Å²) in [5.74, 6) is 5.04.